The van der Waals surface area contributed by atoms with Crippen molar-refractivity contribution in [2.24, 2.45) is 0 Å². The highest BCUT2D eigenvalue weighted by atomic mass is 16.4. The van der Waals surface area contributed by atoms with Gasteiger partial charge in [0, 0.05) is 12.8 Å². The van der Waals surface area contributed by atoms with E-state index >= 15 is 0 Å². The van der Waals surface area contributed by atoms with Crippen molar-refractivity contribution < 1.29 is 19.8 Å². The maximum absolute atomic E-state index is 10.4. The Hall–Kier alpha value is -1.06. The number of carbonyl (C=O) groups is 2. The zero-order valence-corrected chi connectivity index (χ0v) is 35.8. The number of unbranched alkanes of at least 4 members (excludes halogenated alkanes) is 40. The molecule has 52 heavy (non-hydrogen) atoms. The Bertz CT molecular complexity index is 663. The lowest BCUT2D eigenvalue weighted by atomic mass is 10.0. The van der Waals surface area contributed by atoms with Crippen molar-refractivity contribution in [3.8, 4) is 0 Å². The topological polar surface area (TPSA) is 74.6 Å². The summed E-state index contributed by atoms with van der Waals surface area (Å²) in [5.74, 6) is -1.30. The maximum atomic E-state index is 10.4. The van der Waals surface area contributed by atoms with Crippen LogP contribution in [0.4, 0.5) is 0 Å². The molecule has 0 fully saturated rings. The van der Waals surface area contributed by atoms with E-state index in [4.69, 9.17) is 10.2 Å². The minimum absolute atomic E-state index is 0.345. The van der Waals surface area contributed by atoms with Crippen LogP contribution in [0, 0.1) is 0 Å². The molecule has 0 aliphatic heterocycles. The van der Waals surface area contributed by atoms with Gasteiger partial charge in [0.05, 0.1) is 0 Å². The van der Waals surface area contributed by atoms with Gasteiger partial charge in [0.1, 0.15) is 0 Å². The molecule has 0 radical (unpaired) electrons. The van der Waals surface area contributed by atoms with E-state index < -0.39 is 11.9 Å². The Labute approximate surface area is 327 Å². The molecule has 0 aliphatic carbocycles. The Morgan fingerprint density at radius 3 is 0.462 bits per heavy atom. The van der Waals surface area contributed by atoms with Crippen molar-refractivity contribution in [2.75, 3.05) is 0 Å². The fraction of sp³-hybridized carbons (Fsp3) is 0.958. The summed E-state index contributed by atoms with van der Waals surface area (Å²) in [5.41, 5.74) is 0. The first kappa shape index (κ1) is 53.0. The summed E-state index contributed by atoms with van der Waals surface area (Å²) >= 11 is 0. The number of hydrogen-bond acceptors (Lipinski definition) is 2. The summed E-state index contributed by atoms with van der Waals surface area (Å²) in [5, 5.41) is 17.1. The largest absolute Gasteiger partial charge is 0.481 e. The quantitative estimate of drug-likeness (QED) is 0.0611. The van der Waals surface area contributed by atoms with Crippen molar-refractivity contribution >= 4 is 11.9 Å². The van der Waals surface area contributed by atoms with Gasteiger partial charge in [0.25, 0.3) is 0 Å². The molecule has 0 amide bonds. The molecule has 4 heteroatoms. The van der Waals surface area contributed by atoms with Crippen LogP contribution in [-0.4, -0.2) is 22.2 Å². The highest BCUT2D eigenvalue weighted by Crippen LogP contribution is 2.17. The van der Waals surface area contributed by atoms with E-state index in [0.717, 1.165) is 25.7 Å². The second-order valence-electron chi connectivity index (χ2n) is 16.4. The Morgan fingerprint density at radius 1 is 0.231 bits per heavy atom. The van der Waals surface area contributed by atoms with Crippen LogP contribution in [0.2, 0.25) is 0 Å². The number of carboxylic acids is 2. The van der Waals surface area contributed by atoms with Crippen LogP contribution in [-0.2, 0) is 9.59 Å². The lowest BCUT2D eigenvalue weighted by Gasteiger charge is -2.04. The first-order valence-corrected chi connectivity index (χ1v) is 24.0. The molecule has 0 aromatic rings. The predicted molar refractivity (Wildman–Crippen MR) is 230 cm³/mol. The third kappa shape index (κ3) is 55.7. The molecule has 0 saturated heterocycles. The Kier molecular flexibility index (Phi) is 50.9. The SMILES string of the molecule is CCCCCCCCCCCCCCCCCC(=O)O.CCCCCCCCCCCCCCCCCCCCCCCCCCCCCC(=O)O. The molecule has 0 rings (SSSR count). The average molecular weight is 737 g/mol. The van der Waals surface area contributed by atoms with Crippen LogP contribution in [0.3, 0.4) is 0 Å². The van der Waals surface area contributed by atoms with Gasteiger partial charge in [-0.05, 0) is 12.8 Å². The third-order valence-electron chi connectivity index (χ3n) is 11.0. The van der Waals surface area contributed by atoms with E-state index in [1.165, 1.54) is 244 Å². The highest BCUT2D eigenvalue weighted by molar-refractivity contribution is 5.66. The van der Waals surface area contributed by atoms with Crippen molar-refractivity contribution in [3.05, 3.63) is 0 Å². The van der Waals surface area contributed by atoms with Crippen LogP contribution < -0.4 is 0 Å². The standard InChI is InChI=1S/C30H60O2.C18H36O2/c1-2-3-4-5-6-7-8-9-10-11-12-13-14-15-16-17-18-19-20-21-22-23-24-25-26-27-28-29-30(31)32;1-2-3-4-5-6-7-8-9-10-11-12-13-14-15-16-17-18(19)20/h2-29H2,1H3,(H,31,32);2-17H2,1H3,(H,19,20). The molecule has 0 aromatic heterocycles. The zero-order valence-electron chi connectivity index (χ0n) is 35.8. The molecule has 2 N–H and O–H groups in total. The number of aliphatic carboxylic acids is 2. The monoisotopic (exact) mass is 737 g/mol. The molecule has 0 atom stereocenters. The van der Waals surface area contributed by atoms with Crippen molar-refractivity contribution in [1.29, 1.82) is 0 Å². The van der Waals surface area contributed by atoms with E-state index in [1.807, 2.05) is 0 Å². The zero-order chi connectivity index (χ0) is 38.3. The maximum Gasteiger partial charge on any atom is 0.303 e. The van der Waals surface area contributed by atoms with Gasteiger partial charge in [-0.25, -0.2) is 0 Å². The summed E-state index contributed by atoms with van der Waals surface area (Å²) in [6.07, 6.45) is 58.2. The second kappa shape index (κ2) is 49.9. The van der Waals surface area contributed by atoms with Crippen LogP contribution in [0.25, 0.3) is 0 Å². The Balaban J connectivity index is 0. The van der Waals surface area contributed by atoms with Crippen molar-refractivity contribution in [1.82, 2.24) is 0 Å². The highest BCUT2D eigenvalue weighted by Gasteiger charge is 1.99. The van der Waals surface area contributed by atoms with Crippen LogP contribution in [0.5, 0.6) is 0 Å². The van der Waals surface area contributed by atoms with Gasteiger partial charge in [-0.1, -0.05) is 271 Å². The molecule has 0 aliphatic rings. The molecule has 0 saturated carbocycles. The van der Waals surface area contributed by atoms with E-state index in [-0.39, 0.29) is 0 Å². The molecule has 0 unspecified atom stereocenters. The van der Waals surface area contributed by atoms with E-state index in [9.17, 15) is 9.59 Å². The number of hydrogen-bond donors (Lipinski definition) is 2. The summed E-state index contributed by atoms with van der Waals surface area (Å²) in [6.45, 7) is 4.57. The molecule has 0 bridgehead atoms. The normalized spacial score (nSPS) is 11.1. The van der Waals surface area contributed by atoms with E-state index in [0.29, 0.717) is 12.8 Å². The molecule has 4 nitrogen and oxygen atoms in total. The molecular formula is C48H96O4. The smallest absolute Gasteiger partial charge is 0.303 e. The molecule has 0 heterocycles. The lowest BCUT2D eigenvalue weighted by molar-refractivity contribution is -0.138. The minimum atomic E-state index is -0.653. The van der Waals surface area contributed by atoms with Crippen LogP contribution in [0.1, 0.15) is 296 Å². The van der Waals surface area contributed by atoms with Crippen molar-refractivity contribution in [3.63, 3.8) is 0 Å². The van der Waals surface area contributed by atoms with Crippen molar-refractivity contribution in [2.45, 2.75) is 296 Å². The Morgan fingerprint density at radius 2 is 0.346 bits per heavy atom. The summed E-state index contributed by atoms with van der Waals surface area (Å²) < 4.78 is 0. The molecular weight excluding hydrogens is 641 g/mol. The summed E-state index contributed by atoms with van der Waals surface area (Å²) in [7, 11) is 0. The molecule has 312 valence electrons. The molecule has 0 aromatic carbocycles. The van der Waals surface area contributed by atoms with Gasteiger partial charge in [-0.15, -0.1) is 0 Å². The first-order chi connectivity index (χ1) is 25.5. The van der Waals surface area contributed by atoms with Crippen LogP contribution >= 0.6 is 0 Å². The predicted octanol–water partition coefficient (Wildman–Crippen LogP) is 17.3. The first-order valence-electron chi connectivity index (χ1n) is 24.0. The molecule has 0 spiro atoms. The third-order valence-corrected chi connectivity index (χ3v) is 11.0. The van der Waals surface area contributed by atoms with Gasteiger partial charge >= 0.3 is 11.9 Å². The van der Waals surface area contributed by atoms with Gasteiger partial charge < -0.3 is 10.2 Å². The fourth-order valence-corrected chi connectivity index (χ4v) is 7.42. The van der Waals surface area contributed by atoms with Gasteiger partial charge in [-0.3, -0.25) is 9.59 Å². The van der Waals surface area contributed by atoms with Gasteiger partial charge in [0.2, 0.25) is 0 Å². The van der Waals surface area contributed by atoms with E-state index in [1.54, 1.807) is 0 Å². The number of rotatable bonds is 44. The second-order valence-corrected chi connectivity index (χ2v) is 16.4. The summed E-state index contributed by atoms with van der Waals surface area (Å²) in [6, 6.07) is 0. The lowest BCUT2D eigenvalue weighted by Crippen LogP contribution is -1.93. The minimum Gasteiger partial charge on any atom is -0.481 e. The van der Waals surface area contributed by atoms with E-state index in [2.05, 4.69) is 13.8 Å². The average Bonchev–Trinajstić information content (AvgIpc) is 3.13. The van der Waals surface area contributed by atoms with Crippen LogP contribution in [0.15, 0.2) is 0 Å². The number of carboxylic acid groups (broad SMARTS) is 2. The summed E-state index contributed by atoms with van der Waals surface area (Å²) in [4.78, 5) is 20.8. The fourth-order valence-electron chi connectivity index (χ4n) is 7.42. The van der Waals surface area contributed by atoms with Gasteiger partial charge in [-0.2, -0.15) is 0 Å². The van der Waals surface area contributed by atoms with Gasteiger partial charge in [0.15, 0.2) is 0 Å².